The zero-order chi connectivity index (χ0) is 10.7. The van der Waals surface area contributed by atoms with Gasteiger partial charge in [-0.3, -0.25) is 4.79 Å². The summed E-state index contributed by atoms with van der Waals surface area (Å²) in [5.41, 5.74) is 2.24. The van der Waals surface area contributed by atoms with E-state index in [-0.39, 0.29) is 10.6 Å². The molecule has 0 spiro atoms. The van der Waals surface area contributed by atoms with Crippen LogP contribution in [0.2, 0.25) is 0 Å². The first kappa shape index (κ1) is 12.6. The quantitative estimate of drug-likeness (QED) is 0.517. The van der Waals surface area contributed by atoms with E-state index in [0.29, 0.717) is 0 Å². The Morgan fingerprint density at radius 2 is 2.21 bits per heavy atom. The van der Waals surface area contributed by atoms with Gasteiger partial charge in [0.25, 0.3) is 0 Å². The molecule has 4 heteroatoms. The van der Waals surface area contributed by atoms with Crippen molar-refractivity contribution in [3.05, 3.63) is 32.9 Å². The maximum Gasteiger partial charge on any atom is 0.147 e. The lowest BCUT2D eigenvalue weighted by molar-refractivity contribution is -0.116. The van der Waals surface area contributed by atoms with Crippen LogP contribution in [-0.2, 0) is 10.1 Å². The van der Waals surface area contributed by atoms with E-state index in [1.807, 2.05) is 6.07 Å². The van der Waals surface area contributed by atoms with E-state index in [1.165, 1.54) is 5.56 Å². The van der Waals surface area contributed by atoms with Gasteiger partial charge in [0.05, 0.1) is 4.83 Å². The fourth-order valence-corrected chi connectivity index (χ4v) is 2.89. The number of carbonyl (C=O) groups excluding carboxylic acids is 1. The normalized spacial score (nSPS) is 12.6. The molecule has 1 rings (SSSR count). The van der Waals surface area contributed by atoms with Gasteiger partial charge in [-0.25, -0.2) is 0 Å². The Labute approximate surface area is 114 Å². The second-order valence-electron chi connectivity index (χ2n) is 2.96. The summed E-state index contributed by atoms with van der Waals surface area (Å²) in [6.07, 6.45) is 0. The molecular weight excluding hydrogens is 423 g/mol. The van der Waals surface area contributed by atoms with Crippen molar-refractivity contribution in [2.75, 3.05) is 0 Å². The van der Waals surface area contributed by atoms with Gasteiger partial charge in [-0.05, 0) is 46.7 Å². The molecule has 0 radical (unpaired) electrons. The van der Waals surface area contributed by atoms with Crippen molar-refractivity contribution in [2.24, 2.45) is 0 Å². The maximum atomic E-state index is 11.2. The second kappa shape index (κ2) is 5.61. The van der Waals surface area contributed by atoms with Gasteiger partial charge in [-0.2, -0.15) is 0 Å². The highest BCUT2D eigenvalue weighted by Gasteiger charge is 2.15. The monoisotopic (exact) mass is 430 g/mol. The van der Waals surface area contributed by atoms with Gasteiger partial charge in [-0.15, -0.1) is 0 Å². The summed E-state index contributed by atoms with van der Waals surface area (Å²) < 4.78 is 1.12. The van der Waals surface area contributed by atoms with Crippen molar-refractivity contribution in [3.63, 3.8) is 0 Å². The molecule has 1 nitrogen and oxygen atoms in total. The number of ketones is 1. The number of hydrogen-bond acceptors (Lipinski definition) is 1. The van der Waals surface area contributed by atoms with Crippen molar-refractivity contribution in [2.45, 2.75) is 17.1 Å². The van der Waals surface area contributed by atoms with Gasteiger partial charge in [0.1, 0.15) is 5.78 Å². The molecule has 1 aromatic rings. The largest absolute Gasteiger partial charge is 0.298 e. The van der Waals surface area contributed by atoms with Gasteiger partial charge in [0, 0.05) is 8.90 Å². The predicted molar refractivity (Wildman–Crippen MR) is 74.1 cm³/mol. The molecule has 0 heterocycles. The number of Topliss-reactive ketones (excluding diaryl/α,β-unsaturated/α-hetero) is 1. The number of halogens is 3. The standard InChI is InChI=1S/C10H9Br2IO/c1-6(14)10(12)8-4-7(5-11)2-3-9(8)13/h2-4,10H,5H2,1H3. The van der Waals surface area contributed by atoms with Crippen molar-refractivity contribution in [3.8, 4) is 0 Å². The summed E-state index contributed by atoms with van der Waals surface area (Å²) in [6, 6.07) is 6.14. The Morgan fingerprint density at radius 3 is 2.71 bits per heavy atom. The molecule has 0 saturated heterocycles. The lowest BCUT2D eigenvalue weighted by Crippen LogP contribution is -2.03. The number of carbonyl (C=O) groups is 1. The molecule has 1 aromatic carbocycles. The van der Waals surface area contributed by atoms with Crippen LogP contribution in [0.4, 0.5) is 0 Å². The van der Waals surface area contributed by atoms with Crippen molar-refractivity contribution >= 4 is 60.2 Å². The summed E-state index contributed by atoms with van der Waals surface area (Å²) in [7, 11) is 0. The lowest BCUT2D eigenvalue weighted by atomic mass is 10.1. The smallest absolute Gasteiger partial charge is 0.147 e. The highest BCUT2D eigenvalue weighted by molar-refractivity contribution is 14.1. The molecule has 0 aliphatic carbocycles. The van der Waals surface area contributed by atoms with E-state index in [9.17, 15) is 4.79 Å². The first-order chi connectivity index (χ1) is 6.56. The van der Waals surface area contributed by atoms with E-state index in [2.05, 4.69) is 66.6 Å². The Hall–Kier alpha value is 0.580. The van der Waals surface area contributed by atoms with Gasteiger partial charge < -0.3 is 0 Å². The minimum Gasteiger partial charge on any atom is -0.298 e. The third kappa shape index (κ3) is 3.03. The average Bonchev–Trinajstić information content (AvgIpc) is 2.17. The van der Waals surface area contributed by atoms with Crippen LogP contribution in [0, 0.1) is 3.57 Å². The van der Waals surface area contributed by atoms with Crippen LogP contribution in [0.3, 0.4) is 0 Å². The fourth-order valence-electron chi connectivity index (χ4n) is 1.09. The summed E-state index contributed by atoms with van der Waals surface area (Å²) in [5, 5.41) is 0.814. The van der Waals surface area contributed by atoms with E-state index >= 15 is 0 Å². The maximum absolute atomic E-state index is 11.2. The second-order valence-corrected chi connectivity index (χ2v) is 5.60. The van der Waals surface area contributed by atoms with Crippen LogP contribution >= 0.6 is 54.5 Å². The van der Waals surface area contributed by atoms with Crippen LogP contribution in [-0.4, -0.2) is 5.78 Å². The first-order valence-electron chi connectivity index (χ1n) is 4.05. The van der Waals surface area contributed by atoms with Crippen LogP contribution < -0.4 is 0 Å². The van der Waals surface area contributed by atoms with Crippen molar-refractivity contribution in [1.29, 1.82) is 0 Å². The van der Waals surface area contributed by atoms with Gasteiger partial charge in [0.2, 0.25) is 0 Å². The third-order valence-electron chi connectivity index (χ3n) is 1.84. The van der Waals surface area contributed by atoms with Gasteiger partial charge in [0.15, 0.2) is 0 Å². The SMILES string of the molecule is CC(=O)C(Br)c1cc(CBr)ccc1I. The number of benzene rings is 1. The van der Waals surface area contributed by atoms with Crippen LogP contribution in [0.1, 0.15) is 22.9 Å². The molecule has 0 aliphatic heterocycles. The Bertz CT molecular complexity index is 352. The third-order valence-corrected chi connectivity index (χ3v) is 4.61. The number of rotatable bonds is 3. The molecule has 76 valence electrons. The summed E-state index contributed by atoms with van der Waals surface area (Å²) in [6.45, 7) is 1.59. The molecular formula is C10H9Br2IO. The minimum absolute atomic E-state index is 0.134. The number of hydrogen-bond donors (Lipinski definition) is 0. The summed E-state index contributed by atoms with van der Waals surface area (Å²) in [5.74, 6) is 0.134. The minimum atomic E-state index is -0.187. The highest BCUT2D eigenvalue weighted by atomic mass is 127. The molecule has 0 amide bonds. The summed E-state index contributed by atoms with van der Waals surface area (Å²) >= 11 is 9.04. The van der Waals surface area contributed by atoms with Crippen LogP contribution in [0.25, 0.3) is 0 Å². The molecule has 0 N–H and O–H groups in total. The molecule has 0 saturated carbocycles. The van der Waals surface area contributed by atoms with Crippen LogP contribution in [0.5, 0.6) is 0 Å². The lowest BCUT2D eigenvalue weighted by Gasteiger charge is -2.10. The fraction of sp³-hybridized carbons (Fsp3) is 0.300. The topological polar surface area (TPSA) is 17.1 Å². The molecule has 0 fully saturated rings. The van der Waals surface area contributed by atoms with Crippen molar-refractivity contribution in [1.82, 2.24) is 0 Å². The molecule has 0 bridgehead atoms. The van der Waals surface area contributed by atoms with E-state index in [1.54, 1.807) is 6.92 Å². The predicted octanol–water partition coefficient (Wildman–Crippen LogP) is 4.21. The molecule has 14 heavy (non-hydrogen) atoms. The Balaban J connectivity index is 3.11. The van der Waals surface area contributed by atoms with Gasteiger partial charge in [-0.1, -0.05) is 44.0 Å². The van der Waals surface area contributed by atoms with Crippen molar-refractivity contribution < 1.29 is 4.79 Å². The van der Waals surface area contributed by atoms with E-state index in [0.717, 1.165) is 14.5 Å². The van der Waals surface area contributed by atoms with Gasteiger partial charge >= 0.3 is 0 Å². The average molecular weight is 432 g/mol. The Kier molecular flexibility index (Phi) is 5.06. The zero-order valence-electron chi connectivity index (χ0n) is 7.56. The highest BCUT2D eigenvalue weighted by Crippen LogP contribution is 2.29. The van der Waals surface area contributed by atoms with E-state index in [4.69, 9.17) is 0 Å². The molecule has 0 aliphatic rings. The molecule has 1 unspecified atom stereocenters. The molecule has 1 atom stereocenters. The zero-order valence-corrected chi connectivity index (χ0v) is 12.9. The Morgan fingerprint density at radius 1 is 1.57 bits per heavy atom. The van der Waals surface area contributed by atoms with Crippen LogP contribution in [0.15, 0.2) is 18.2 Å². The van der Waals surface area contributed by atoms with E-state index < -0.39 is 0 Å². The molecule has 0 aromatic heterocycles. The first-order valence-corrected chi connectivity index (χ1v) is 7.16. The number of alkyl halides is 2. The summed E-state index contributed by atoms with van der Waals surface area (Å²) in [4.78, 5) is 11.0.